The Morgan fingerprint density at radius 2 is 1.72 bits per heavy atom. The lowest BCUT2D eigenvalue weighted by Crippen LogP contribution is -2.47. The number of carboxylic acid groups (broad SMARTS) is 1. The van der Waals surface area contributed by atoms with Gasteiger partial charge in [-0.1, -0.05) is 0 Å². The number of hydrogen-bond acceptors (Lipinski definition) is 7. The number of amides is 1. The Kier molecular flexibility index (Phi) is 7.54. The molecule has 3 N–H and O–H groups in total. The summed E-state index contributed by atoms with van der Waals surface area (Å²) >= 11 is 5.05. The second kappa shape index (κ2) is 11.3. The van der Waals surface area contributed by atoms with Crippen LogP contribution < -0.4 is 30.8 Å². The number of halogens is 2. The third-order valence-electron chi connectivity index (χ3n) is 8.07. The number of nitrogens with zero attached hydrogens (tertiary/aromatic N) is 4. The van der Waals surface area contributed by atoms with Crippen LogP contribution in [0.3, 0.4) is 0 Å². The lowest BCUT2D eigenvalue weighted by Gasteiger charge is -2.37. The predicted molar refractivity (Wildman–Crippen MR) is 161 cm³/mol. The standard InChI is InChI=1S/C29H30F2N6O5S/c1-32-28(43)33-13-18-14-37(29(41)42-18)17-4-5-23(21(30)10-17)34-6-8-35(9-7-34)25-12-24-19(11-22(25)31)26(38)20(27(39)40)15-36(24)16-2-3-16/h4-5,10-12,15-16,18H,2-3,6-9,13-14H2,1H3,(H,39,40)(H2,32,33,43). The van der Waals surface area contributed by atoms with E-state index in [9.17, 15) is 19.5 Å². The third kappa shape index (κ3) is 5.54. The molecule has 0 radical (unpaired) electrons. The van der Waals surface area contributed by atoms with Gasteiger partial charge in [-0.2, -0.15) is 0 Å². The molecule has 2 aromatic carbocycles. The van der Waals surface area contributed by atoms with Crippen molar-refractivity contribution < 1.29 is 28.2 Å². The van der Waals surface area contributed by atoms with Gasteiger partial charge in [0.05, 0.1) is 35.7 Å². The second-order valence-corrected chi connectivity index (χ2v) is 11.2. The molecular formula is C29H30F2N6O5S. The summed E-state index contributed by atoms with van der Waals surface area (Å²) in [5, 5.41) is 15.7. The number of benzene rings is 2. The highest BCUT2D eigenvalue weighted by Gasteiger charge is 2.33. The molecule has 1 aliphatic carbocycles. The van der Waals surface area contributed by atoms with Crippen molar-refractivity contribution >= 4 is 57.4 Å². The van der Waals surface area contributed by atoms with Crippen LogP contribution in [0.2, 0.25) is 0 Å². The van der Waals surface area contributed by atoms with Crippen molar-refractivity contribution in [2.75, 3.05) is 61.0 Å². The Hall–Kier alpha value is -4.46. The van der Waals surface area contributed by atoms with Crippen LogP contribution in [0.4, 0.5) is 30.6 Å². The molecule has 11 nitrogen and oxygen atoms in total. The first-order chi connectivity index (χ1) is 20.6. The topological polar surface area (TPSA) is 119 Å². The summed E-state index contributed by atoms with van der Waals surface area (Å²) in [4.78, 5) is 41.9. The average Bonchev–Trinajstić information content (AvgIpc) is 3.77. The van der Waals surface area contributed by atoms with Gasteiger partial charge in [-0.15, -0.1) is 0 Å². The van der Waals surface area contributed by atoms with Crippen LogP contribution in [0.15, 0.2) is 41.3 Å². The zero-order valence-corrected chi connectivity index (χ0v) is 24.1. The monoisotopic (exact) mass is 612 g/mol. The molecule has 3 fully saturated rings. The smallest absolute Gasteiger partial charge is 0.414 e. The average molecular weight is 613 g/mol. The fourth-order valence-corrected chi connectivity index (χ4v) is 5.73. The van der Waals surface area contributed by atoms with Crippen LogP contribution in [-0.4, -0.2) is 79.3 Å². The minimum atomic E-state index is -1.34. The SMILES string of the molecule is CNC(=S)NCC1CN(c2ccc(N3CCN(c4cc5c(cc4F)c(=O)c(C(=O)O)cn5C4CC4)CC3)c(F)c2)C(=O)O1. The van der Waals surface area contributed by atoms with Crippen molar-refractivity contribution in [1.82, 2.24) is 15.2 Å². The van der Waals surface area contributed by atoms with Crippen LogP contribution in [0.25, 0.3) is 10.9 Å². The van der Waals surface area contributed by atoms with E-state index in [4.69, 9.17) is 17.0 Å². The molecule has 3 aromatic rings. The van der Waals surface area contributed by atoms with Crippen molar-refractivity contribution in [3.8, 4) is 0 Å². The number of carbonyl (C=O) groups excluding carboxylic acids is 1. The molecule has 3 aliphatic rings. The minimum absolute atomic E-state index is 0.0414. The molecule has 0 spiro atoms. The highest BCUT2D eigenvalue weighted by Crippen LogP contribution is 2.38. The molecule has 2 aliphatic heterocycles. The van der Waals surface area contributed by atoms with E-state index in [2.05, 4.69) is 10.6 Å². The number of carbonyl (C=O) groups is 2. The maximum atomic E-state index is 15.3. The number of ether oxygens (including phenoxy) is 1. The van der Waals surface area contributed by atoms with Crippen LogP contribution >= 0.6 is 12.2 Å². The summed E-state index contributed by atoms with van der Waals surface area (Å²) in [6.07, 6.45) is 2.06. The van der Waals surface area contributed by atoms with Gasteiger partial charge >= 0.3 is 12.1 Å². The molecule has 1 atom stereocenters. The van der Waals surface area contributed by atoms with Crippen LogP contribution in [-0.2, 0) is 4.74 Å². The van der Waals surface area contributed by atoms with Crippen molar-refractivity contribution in [3.63, 3.8) is 0 Å². The molecular weight excluding hydrogens is 582 g/mol. The zero-order chi connectivity index (χ0) is 30.4. The van der Waals surface area contributed by atoms with Gasteiger partial charge in [0.25, 0.3) is 0 Å². The van der Waals surface area contributed by atoms with Crippen LogP contribution in [0, 0.1) is 11.6 Å². The molecule has 1 saturated carbocycles. The van der Waals surface area contributed by atoms with E-state index < -0.39 is 35.2 Å². The van der Waals surface area contributed by atoms with Gasteiger partial charge in [0.1, 0.15) is 23.3 Å². The van der Waals surface area contributed by atoms with E-state index in [0.29, 0.717) is 60.4 Å². The normalized spacial score (nSPS) is 18.6. The van der Waals surface area contributed by atoms with Crippen molar-refractivity contribution in [3.05, 3.63) is 63.9 Å². The number of hydrogen-bond donors (Lipinski definition) is 3. The fraction of sp³-hybridized carbons (Fsp3) is 0.379. The van der Waals surface area contributed by atoms with E-state index in [1.54, 1.807) is 29.8 Å². The molecule has 6 rings (SSSR count). The number of rotatable bonds is 7. The summed E-state index contributed by atoms with van der Waals surface area (Å²) in [5.41, 5.74) is 0.487. The zero-order valence-electron chi connectivity index (χ0n) is 23.3. The first kappa shape index (κ1) is 28.6. The molecule has 2 saturated heterocycles. The van der Waals surface area contributed by atoms with Gasteiger partial charge in [-0.25, -0.2) is 18.4 Å². The Labute approximate surface area is 250 Å². The number of nitrogens with one attached hydrogen (secondary N) is 2. The number of cyclic esters (lactones) is 1. The number of anilines is 3. The largest absolute Gasteiger partial charge is 0.477 e. The van der Waals surface area contributed by atoms with Crippen LogP contribution in [0.5, 0.6) is 0 Å². The fourth-order valence-electron chi connectivity index (χ4n) is 5.65. The summed E-state index contributed by atoms with van der Waals surface area (Å²) in [5.74, 6) is -2.44. The van der Waals surface area contributed by atoms with Crippen LogP contribution in [0.1, 0.15) is 29.2 Å². The summed E-state index contributed by atoms with van der Waals surface area (Å²) in [6.45, 7) is 2.18. The highest BCUT2D eigenvalue weighted by molar-refractivity contribution is 7.80. The number of pyridine rings is 1. The first-order valence-electron chi connectivity index (χ1n) is 14.0. The molecule has 1 amide bonds. The van der Waals surface area contributed by atoms with Gasteiger partial charge in [-0.3, -0.25) is 9.69 Å². The third-order valence-corrected chi connectivity index (χ3v) is 8.42. The summed E-state index contributed by atoms with van der Waals surface area (Å²) in [7, 11) is 1.68. The van der Waals surface area contributed by atoms with Crippen molar-refractivity contribution in [2.24, 2.45) is 0 Å². The van der Waals surface area contributed by atoms with E-state index in [1.165, 1.54) is 17.2 Å². The first-order valence-corrected chi connectivity index (χ1v) is 14.4. The maximum absolute atomic E-state index is 15.3. The number of piperazine rings is 1. The Morgan fingerprint density at radius 3 is 2.35 bits per heavy atom. The number of thiocarbonyl (C=S) groups is 1. The Morgan fingerprint density at radius 1 is 1.05 bits per heavy atom. The molecule has 43 heavy (non-hydrogen) atoms. The summed E-state index contributed by atoms with van der Waals surface area (Å²) < 4.78 is 37.8. The van der Waals surface area contributed by atoms with Gasteiger partial charge in [0.15, 0.2) is 5.11 Å². The van der Waals surface area contributed by atoms with Crippen molar-refractivity contribution in [1.29, 1.82) is 0 Å². The Balaban J connectivity index is 1.16. The molecule has 14 heteroatoms. The maximum Gasteiger partial charge on any atom is 0.414 e. The number of aromatic nitrogens is 1. The predicted octanol–water partition coefficient (Wildman–Crippen LogP) is 3.06. The van der Waals surface area contributed by atoms with E-state index in [-0.39, 0.29) is 23.5 Å². The minimum Gasteiger partial charge on any atom is -0.477 e. The Bertz CT molecular complexity index is 1690. The van der Waals surface area contributed by atoms with Gasteiger partial charge in [0, 0.05) is 50.9 Å². The van der Waals surface area contributed by atoms with E-state index in [1.807, 2.05) is 9.80 Å². The van der Waals surface area contributed by atoms with Gasteiger partial charge in [-0.05, 0) is 55.4 Å². The quantitative estimate of drug-likeness (QED) is 0.344. The van der Waals surface area contributed by atoms with Crippen molar-refractivity contribution in [2.45, 2.75) is 25.0 Å². The molecule has 1 unspecified atom stereocenters. The lowest BCUT2D eigenvalue weighted by molar-refractivity contribution is 0.0694. The molecule has 1 aromatic heterocycles. The number of fused-ring (bicyclic) bond motifs is 1. The van der Waals surface area contributed by atoms with Gasteiger partial charge in [0.2, 0.25) is 5.43 Å². The van der Waals surface area contributed by atoms with Gasteiger partial charge < -0.3 is 34.8 Å². The highest BCUT2D eigenvalue weighted by atomic mass is 32.1. The van der Waals surface area contributed by atoms with E-state index in [0.717, 1.165) is 18.9 Å². The molecule has 226 valence electrons. The summed E-state index contributed by atoms with van der Waals surface area (Å²) in [6, 6.07) is 7.42. The number of carboxylic acids is 1. The molecule has 3 heterocycles. The molecule has 0 bridgehead atoms. The van der Waals surface area contributed by atoms with E-state index >= 15 is 8.78 Å². The second-order valence-electron chi connectivity index (χ2n) is 10.8. The number of aromatic carboxylic acids is 1. The lowest BCUT2D eigenvalue weighted by atomic mass is 10.1.